The maximum atomic E-state index is 6.01. The van der Waals surface area contributed by atoms with Gasteiger partial charge in [0.05, 0.1) is 11.4 Å². The van der Waals surface area contributed by atoms with Gasteiger partial charge < -0.3 is 9.64 Å². The Labute approximate surface area is 125 Å². The second-order valence-electron chi connectivity index (χ2n) is 5.21. The minimum absolute atomic E-state index is 0.886. The molecule has 0 atom stereocenters. The van der Waals surface area contributed by atoms with E-state index in [1.165, 1.54) is 5.46 Å². The SMILES string of the molecule is Bc1ccc(N2c3ccccc3Oc3ccccc32)cc1. The van der Waals surface area contributed by atoms with Crippen LogP contribution in [0.5, 0.6) is 11.5 Å². The molecule has 0 amide bonds. The quantitative estimate of drug-likeness (QED) is 0.491. The van der Waals surface area contributed by atoms with E-state index in [1.54, 1.807) is 0 Å². The van der Waals surface area contributed by atoms with Crippen molar-refractivity contribution in [2.75, 3.05) is 4.90 Å². The zero-order valence-corrected chi connectivity index (χ0v) is 11.8. The Hall–Kier alpha value is -2.68. The standard InChI is InChI=1S/C18H14BNO/c19-13-9-11-14(12-10-13)20-15-5-1-3-7-17(15)21-18-8-4-2-6-16(18)20/h1-12H,19H2. The second kappa shape index (κ2) is 4.71. The van der Waals surface area contributed by atoms with Crippen molar-refractivity contribution in [1.82, 2.24) is 0 Å². The van der Waals surface area contributed by atoms with Gasteiger partial charge in [-0.15, -0.1) is 0 Å². The molecule has 0 aromatic heterocycles. The number of hydrogen-bond acceptors (Lipinski definition) is 2. The lowest BCUT2D eigenvalue weighted by molar-refractivity contribution is 0.477. The third kappa shape index (κ3) is 1.98. The maximum absolute atomic E-state index is 6.01. The summed E-state index contributed by atoms with van der Waals surface area (Å²) in [5, 5.41) is 0. The van der Waals surface area contributed by atoms with E-state index in [2.05, 4.69) is 49.1 Å². The minimum Gasteiger partial charge on any atom is -0.453 e. The Morgan fingerprint density at radius 2 is 1.19 bits per heavy atom. The van der Waals surface area contributed by atoms with E-state index < -0.39 is 0 Å². The highest BCUT2D eigenvalue weighted by Gasteiger charge is 2.24. The molecule has 0 unspecified atom stereocenters. The molecule has 0 saturated heterocycles. The summed E-state index contributed by atoms with van der Waals surface area (Å²) in [5.74, 6) is 1.77. The molecule has 21 heavy (non-hydrogen) atoms. The zero-order chi connectivity index (χ0) is 14.2. The molecule has 3 heteroatoms. The van der Waals surface area contributed by atoms with Gasteiger partial charge in [-0.05, 0) is 36.4 Å². The largest absolute Gasteiger partial charge is 0.453 e. The number of para-hydroxylation sites is 4. The first-order chi connectivity index (χ1) is 10.3. The van der Waals surface area contributed by atoms with E-state index in [0.29, 0.717) is 0 Å². The number of benzene rings is 3. The van der Waals surface area contributed by atoms with Crippen LogP contribution in [0, 0.1) is 0 Å². The molecule has 1 aliphatic heterocycles. The van der Waals surface area contributed by atoms with Crippen LogP contribution in [-0.2, 0) is 0 Å². The maximum Gasteiger partial charge on any atom is 0.151 e. The van der Waals surface area contributed by atoms with E-state index >= 15 is 0 Å². The summed E-state index contributed by atoms with van der Waals surface area (Å²) in [7, 11) is 2.10. The molecule has 0 radical (unpaired) electrons. The van der Waals surface area contributed by atoms with Gasteiger partial charge in [0.2, 0.25) is 0 Å². The molecule has 0 N–H and O–H groups in total. The lowest BCUT2D eigenvalue weighted by atomic mass is 9.96. The molecular weight excluding hydrogens is 257 g/mol. The smallest absolute Gasteiger partial charge is 0.151 e. The number of nitrogens with zero attached hydrogens (tertiary/aromatic N) is 1. The third-order valence-electron chi connectivity index (χ3n) is 3.72. The Morgan fingerprint density at radius 1 is 0.667 bits per heavy atom. The number of rotatable bonds is 1. The van der Waals surface area contributed by atoms with Gasteiger partial charge in [-0.1, -0.05) is 41.9 Å². The molecule has 2 nitrogen and oxygen atoms in total. The van der Waals surface area contributed by atoms with Crippen LogP contribution in [0.4, 0.5) is 17.1 Å². The molecule has 1 aliphatic rings. The van der Waals surface area contributed by atoms with Crippen LogP contribution in [0.1, 0.15) is 0 Å². The summed E-state index contributed by atoms with van der Waals surface area (Å²) < 4.78 is 6.01. The molecule has 4 rings (SSSR count). The van der Waals surface area contributed by atoms with Crippen molar-refractivity contribution in [3.8, 4) is 11.5 Å². The van der Waals surface area contributed by atoms with Crippen LogP contribution in [0.25, 0.3) is 0 Å². The first-order valence-electron chi connectivity index (χ1n) is 7.06. The minimum atomic E-state index is 0.886. The number of hydrogen-bond donors (Lipinski definition) is 0. The van der Waals surface area contributed by atoms with Gasteiger partial charge in [0.25, 0.3) is 0 Å². The third-order valence-corrected chi connectivity index (χ3v) is 3.72. The van der Waals surface area contributed by atoms with Gasteiger partial charge in [0.1, 0.15) is 7.85 Å². The fourth-order valence-corrected chi connectivity index (χ4v) is 2.68. The predicted octanol–water partition coefficient (Wildman–Crippen LogP) is 3.52. The highest BCUT2D eigenvalue weighted by atomic mass is 16.5. The molecule has 0 spiro atoms. The molecule has 3 aromatic rings. The second-order valence-corrected chi connectivity index (χ2v) is 5.21. The molecular formula is C18H14BNO. The Balaban J connectivity index is 1.95. The molecule has 1 heterocycles. The van der Waals surface area contributed by atoms with Crippen LogP contribution < -0.4 is 15.1 Å². The van der Waals surface area contributed by atoms with E-state index in [1.807, 2.05) is 36.4 Å². The topological polar surface area (TPSA) is 12.5 Å². The summed E-state index contributed by atoms with van der Waals surface area (Å²) in [5.41, 5.74) is 4.54. The molecule has 0 saturated carbocycles. The average molecular weight is 271 g/mol. The van der Waals surface area contributed by atoms with Crippen molar-refractivity contribution in [1.29, 1.82) is 0 Å². The molecule has 100 valence electrons. The number of ether oxygens (including phenoxy) is 1. The Bertz CT molecular complexity index is 753. The van der Waals surface area contributed by atoms with Gasteiger partial charge in [0, 0.05) is 5.69 Å². The van der Waals surface area contributed by atoms with Crippen molar-refractivity contribution in [3.63, 3.8) is 0 Å². The monoisotopic (exact) mass is 271 g/mol. The predicted molar refractivity (Wildman–Crippen MR) is 89.4 cm³/mol. The average Bonchev–Trinajstić information content (AvgIpc) is 2.53. The normalized spacial score (nSPS) is 12.3. The van der Waals surface area contributed by atoms with Crippen LogP contribution in [0.2, 0.25) is 0 Å². The van der Waals surface area contributed by atoms with Crippen molar-refractivity contribution < 1.29 is 4.74 Å². The lowest BCUT2D eigenvalue weighted by Gasteiger charge is -2.32. The van der Waals surface area contributed by atoms with Crippen LogP contribution in [-0.4, -0.2) is 7.85 Å². The van der Waals surface area contributed by atoms with E-state index in [-0.39, 0.29) is 0 Å². The number of fused-ring (bicyclic) bond motifs is 2. The highest BCUT2D eigenvalue weighted by molar-refractivity contribution is 6.32. The highest BCUT2D eigenvalue weighted by Crippen LogP contribution is 2.49. The van der Waals surface area contributed by atoms with Gasteiger partial charge >= 0.3 is 0 Å². The molecule has 0 aliphatic carbocycles. The van der Waals surface area contributed by atoms with Crippen molar-refractivity contribution in [3.05, 3.63) is 72.8 Å². The molecule has 3 aromatic carbocycles. The van der Waals surface area contributed by atoms with E-state index in [0.717, 1.165) is 28.6 Å². The fraction of sp³-hybridized carbons (Fsp3) is 0. The van der Waals surface area contributed by atoms with Crippen LogP contribution in [0.15, 0.2) is 72.8 Å². The lowest BCUT2D eigenvalue weighted by Crippen LogP contribution is -2.16. The van der Waals surface area contributed by atoms with E-state index in [4.69, 9.17) is 4.74 Å². The molecule has 0 bridgehead atoms. The fourth-order valence-electron chi connectivity index (χ4n) is 2.68. The van der Waals surface area contributed by atoms with Crippen molar-refractivity contribution in [2.45, 2.75) is 0 Å². The van der Waals surface area contributed by atoms with E-state index in [9.17, 15) is 0 Å². The summed E-state index contributed by atoms with van der Waals surface area (Å²) in [6.45, 7) is 0. The van der Waals surface area contributed by atoms with Gasteiger partial charge in [-0.2, -0.15) is 0 Å². The molecule has 0 fully saturated rings. The van der Waals surface area contributed by atoms with Gasteiger partial charge in [0.15, 0.2) is 11.5 Å². The van der Waals surface area contributed by atoms with Gasteiger partial charge in [-0.3, -0.25) is 0 Å². The first kappa shape index (κ1) is 12.1. The Kier molecular flexibility index (Phi) is 2.71. The Morgan fingerprint density at radius 3 is 1.76 bits per heavy atom. The number of anilines is 3. The zero-order valence-electron chi connectivity index (χ0n) is 11.8. The summed E-state index contributed by atoms with van der Waals surface area (Å²) in [6, 6.07) is 24.8. The summed E-state index contributed by atoms with van der Waals surface area (Å²) in [6.07, 6.45) is 0. The van der Waals surface area contributed by atoms with Gasteiger partial charge in [-0.25, -0.2) is 0 Å². The van der Waals surface area contributed by atoms with Crippen molar-refractivity contribution >= 4 is 30.4 Å². The van der Waals surface area contributed by atoms with Crippen LogP contribution >= 0.6 is 0 Å². The first-order valence-corrected chi connectivity index (χ1v) is 7.06. The summed E-state index contributed by atoms with van der Waals surface area (Å²) in [4.78, 5) is 2.24. The van der Waals surface area contributed by atoms with Crippen molar-refractivity contribution in [2.24, 2.45) is 0 Å². The summed E-state index contributed by atoms with van der Waals surface area (Å²) >= 11 is 0. The van der Waals surface area contributed by atoms with Crippen LogP contribution in [0.3, 0.4) is 0 Å².